The first kappa shape index (κ1) is 16.4. The van der Waals surface area contributed by atoms with Crippen LogP contribution < -0.4 is 10.6 Å². The number of aromatic amines is 1. The third-order valence-corrected chi connectivity index (χ3v) is 4.87. The number of pyridine rings is 1. The molecule has 134 valence electrons. The van der Waals surface area contributed by atoms with Gasteiger partial charge in [-0.25, -0.2) is 9.37 Å². The van der Waals surface area contributed by atoms with Crippen LogP contribution in [0, 0.1) is 12.7 Å². The van der Waals surface area contributed by atoms with Crippen molar-refractivity contribution < 1.29 is 9.18 Å². The van der Waals surface area contributed by atoms with E-state index < -0.39 is 0 Å². The van der Waals surface area contributed by atoms with Crippen LogP contribution in [-0.4, -0.2) is 47.0 Å². The van der Waals surface area contributed by atoms with E-state index in [-0.39, 0.29) is 11.7 Å². The van der Waals surface area contributed by atoms with Crippen molar-refractivity contribution in [1.29, 1.82) is 0 Å². The van der Waals surface area contributed by atoms with E-state index in [0.717, 1.165) is 16.9 Å². The van der Waals surface area contributed by atoms with Crippen molar-refractivity contribution in [2.75, 3.05) is 36.8 Å². The van der Waals surface area contributed by atoms with Gasteiger partial charge in [0.15, 0.2) is 5.82 Å². The van der Waals surface area contributed by atoms with Crippen LogP contribution in [0.25, 0.3) is 10.9 Å². The maximum Gasteiger partial charge on any atom is 0.270 e. The van der Waals surface area contributed by atoms with Crippen molar-refractivity contribution in [2.45, 2.75) is 6.92 Å². The molecule has 1 aliphatic rings. The van der Waals surface area contributed by atoms with E-state index in [0.29, 0.717) is 42.9 Å². The summed E-state index contributed by atoms with van der Waals surface area (Å²) in [5.74, 6) is 0.386. The van der Waals surface area contributed by atoms with Gasteiger partial charge in [-0.3, -0.25) is 4.79 Å². The van der Waals surface area contributed by atoms with Gasteiger partial charge < -0.3 is 20.5 Å². The third-order valence-electron chi connectivity index (χ3n) is 4.87. The first-order valence-corrected chi connectivity index (χ1v) is 8.56. The number of halogens is 1. The Morgan fingerprint density at radius 1 is 1.19 bits per heavy atom. The van der Waals surface area contributed by atoms with Gasteiger partial charge in [0.05, 0.1) is 5.69 Å². The number of amides is 1. The second kappa shape index (κ2) is 6.33. The Hall–Kier alpha value is -3.09. The Balaban J connectivity index is 1.48. The van der Waals surface area contributed by atoms with Crippen molar-refractivity contribution in [3.05, 3.63) is 53.6 Å². The molecule has 1 saturated heterocycles. The minimum absolute atomic E-state index is 0.0774. The standard InChI is InChI=1S/C19H20FN5O/c1-12-4-5-22-18(17(12)21)24-6-8-25(9-7-24)19(26)16-11-13-10-14(20)2-3-15(13)23-16/h2-5,10-11,23H,6-9,21H2,1H3. The Kier molecular flexibility index (Phi) is 3.99. The number of carbonyl (C=O) groups is 1. The zero-order chi connectivity index (χ0) is 18.3. The molecular weight excluding hydrogens is 333 g/mol. The Morgan fingerprint density at radius 2 is 1.96 bits per heavy atom. The SMILES string of the molecule is Cc1ccnc(N2CCN(C(=O)c3cc4cc(F)ccc4[nH]3)CC2)c1N. The number of aryl methyl sites for hydroxylation is 1. The topological polar surface area (TPSA) is 78.2 Å². The number of nitrogens with one attached hydrogen (secondary N) is 1. The molecule has 0 atom stereocenters. The van der Waals surface area contributed by atoms with Gasteiger partial charge in [-0.2, -0.15) is 0 Å². The number of rotatable bonds is 2. The maximum atomic E-state index is 13.3. The molecule has 0 spiro atoms. The second-order valence-electron chi connectivity index (χ2n) is 6.56. The number of nitrogen functional groups attached to an aromatic ring is 1. The van der Waals surface area contributed by atoms with Gasteiger partial charge in [0.25, 0.3) is 5.91 Å². The van der Waals surface area contributed by atoms with Crippen LogP contribution in [0.15, 0.2) is 36.5 Å². The molecule has 3 N–H and O–H groups in total. The van der Waals surface area contributed by atoms with Crippen LogP contribution >= 0.6 is 0 Å². The largest absolute Gasteiger partial charge is 0.396 e. The fraction of sp³-hybridized carbons (Fsp3) is 0.263. The molecule has 26 heavy (non-hydrogen) atoms. The molecular formula is C19H20FN5O. The molecule has 4 rings (SSSR count). The van der Waals surface area contributed by atoms with E-state index in [1.807, 2.05) is 13.0 Å². The predicted octanol–water partition coefficient (Wildman–Crippen LogP) is 2.56. The van der Waals surface area contributed by atoms with E-state index in [4.69, 9.17) is 5.73 Å². The van der Waals surface area contributed by atoms with Crippen molar-refractivity contribution in [3.63, 3.8) is 0 Å². The molecule has 1 fully saturated rings. The number of nitrogens with two attached hydrogens (primary N) is 1. The van der Waals surface area contributed by atoms with Gasteiger partial charge in [0.1, 0.15) is 11.5 Å². The number of aromatic nitrogens is 2. The molecule has 0 bridgehead atoms. The average Bonchev–Trinajstić information content (AvgIpc) is 3.07. The van der Waals surface area contributed by atoms with Crippen molar-refractivity contribution >= 4 is 28.3 Å². The van der Waals surface area contributed by atoms with E-state index in [1.54, 1.807) is 23.2 Å². The van der Waals surface area contributed by atoms with E-state index in [2.05, 4.69) is 14.9 Å². The molecule has 3 aromatic rings. The van der Waals surface area contributed by atoms with E-state index in [1.165, 1.54) is 12.1 Å². The summed E-state index contributed by atoms with van der Waals surface area (Å²) < 4.78 is 13.3. The smallest absolute Gasteiger partial charge is 0.270 e. The first-order chi connectivity index (χ1) is 12.5. The molecule has 1 aliphatic heterocycles. The third kappa shape index (κ3) is 2.85. The van der Waals surface area contributed by atoms with E-state index >= 15 is 0 Å². The summed E-state index contributed by atoms with van der Waals surface area (Å²) in [7, 11) is 0. The van der Waals surface area contributed by atoms with Crippen molar-refractivity contribution in [2.24, 2.45) is 0 Å². The van der Waals surface area contributed by atoms with Crippen LogP contribution in [0.1, 0.15) is 16.1 Å². The van der Waals surface area contributed by atoms with Crippen molar-refractivity contribution in [1.82, 2.24) is 14.9 Å². The number of nitrogens with zero attached hydrogens (tertiary/aromatic N) is 3. The predicted molar refractivity (Wildman–Crippen MR) is 99.8 cm³/mol. The lowest BCUT2D eigenvalue weighted by molar-refractivity contribution is 0.0741. The molecule has 0 radical (unpaired) electrons. The summed E-state index contributed by atoms with van der Waals surface area (Å²) in [6.45, 7) is 4.46. The molecule has 1 aromatic carbocycles. The van der Waals surface area contributed by atoms with Crippen LogP contribution in [0.3, 0.4) is 0 Å². The number of fused-ring (bicyclic) bond motifs is 1. The molecule has 1 amide bonds. The summed E-state index contributed by atoms with van der Waals surface area (Å²) in [5.41, 5.74) is 9.05. The monoisotopic (exact) mass is 353 g/mol. The summed E-state index contributed by atoms with van der Waals surface area (Å²) in [6, 6.07) is 8.04. The summed E-state index contributed by atoms with van der Waals surface area (Å²) in [6.07, 6.45) is 1.75. The molecule has 2 aromatic heterocycles. The molecule has 0 unspecified atom stereocenters. The zero-order valence-electron chi connectivity index (χ0n) is 14.5. The average molecular weight is 353 g/mol. The highest BCUT2D eigenvalue weighted by Gasteiger charge is 2.25. The van der Waals surface area contributed by atoms with Crippen molar-refractivity contribution in [3.8, 4) is 0 Å². The van der Waals surface area contributed by atoms with Crippen LogP contribution in [0.2, 0.25) is 0 Å². The summed E-state index contributed by atoms with van der Waals surface area (Å²) >= 11 is 0. The van der Waals surface area contributed by atoms with Gasteiger partial charge in [-0.15, -0.1) is 0 Å². The number of benzene rings is 1. The molecule has 0 aliphatic carbocycles. The fourth-order valence-corrected chi connectivity index (χ4v) is 3.32. The maximum absolute atomic E-state index is 13.3. The lowest BCUT2D eigenvalue weighted by Gasteiger charge is -2.35. The zero-order valence-corrected chi connectivity index (χ0v) is 14.5. The van der Waals surface area contributed by atoms with Gasteiger partial charge in [-0.1, -0.05) is 0 Å². The molecule has 3 heterocycles. The minimum Gasteiger partial charge on any atom is -0.396 e. The Bertz CT molecular complexity index is 975. The number of anilines is 2. The van der Waals surface area contributed by atoms with Crippen LogP contribution in [0.4, 0.5) is 15.9 Å². The van der Waals surface area contributed by atoms with Crippen LogP contribution in [-0.2, 0) is 0 Å². The normalized spacial score (nSPS) is 14.8. The van der Waals surface area contributed by atoms with Crippen LogP contribution in [0.5, 0.6) is 0 Å². The summed E-state index contributed by atoms with van der Waals surface area (Å²) in [5, 5.41) is 0.698. The first-order valence-electron chi connectivity index (χ1n) is 8.56. The highest BCUT2D eigenvalue weighted by molar-refractivity contribution is 5.98. The Morgan fingerprint density at radius 3 is 2.73 bits per heavy atom. The molecule has 7 heteroatoms. The molecule has 0 saturated carbocycles. The quantitative estimate of drug-likeness (QED) is 0.742. The summed E-state index contributed by atoms with van der Waals surface area (Å²) in [4.78, 5) is 24.1. The number of hydrogen-bond acceptors (Lipinski definition) is 4. The minimum atomic E-state index is -0.313. The Labute approximate surface area is 150 Å². The lowest BCUT2D eigenvalue weighted by atomic mass is 10.2. The fourth-order valence-electron chi connectivity index (χ4n) is 3.32. The lowest BCUT2D eigenvalue weighted by Crippen LogP contribution is -2.49. The number of H-pyrrole nitrogens is 1. The van der Waals surface area contributed by atoms with Gasteiger partial charge in [0.2, 0.25) is 0 Å². The number of hydrogen-bond donors (Lipinski definition) is 2. The van der Waals surface area contributed by atoms with Gasteiger partial charge >= 0.3 is 0 Å². The number of carbonyl (C=O) groups excluding carboxylic acids is 1. The highest BCUT2D eigenvalue weighted by atomic mass is 19.1. The van der Waals surface area contributed by atoms with Gasteiger partial charge in [0, 0.05) is 43.3 Å². The van der Waals surface area contributed by atoms with E-state index in [9.17, 15) is 9.18 Å². The highest BCUT2D eigenvalue weighted by Crippen LogP contribution is 2.25. The number of piperazine rings is 1. The second-order valence-corrected chi connectivity index (χ2v) is 6.56. The van der Waals surface area contributed by atoms with Gasteiger partial charge in [-0.05, 0) is 42.8 Å². The molecule has 6 nitrogen and oxygen atoms in total.